The van der Waals surface area contributed by atoms with E-state index in [1.54, 1.807) is 0 Å². The van der Waals surface area contributed by atoms with Crippen molar-refractivity contribution in [3.63, 3.8) is 0 Å². The molecule has 3 rings (SSSR count). The third-order valence-corrected chi connectivity index (χ3v) is 4.86. The van der Waals surface area contributed by atoms with E-state index in [9.17, 15) is 0 Å². The lowest BCUT2D eigenvalue weighted by atomic mass is 9.88. The van der Waals surface area contributed by atoms with Gasteiger partial charge in [0.05, 0.1) is 6.10 Å². The van der Waals surface area contributed by atoms with Gasteiger partial charge in [0.15, 0.2) is 0 Å². The van der Waals surface area contributed by atoms with Crippen molar-refractivity contribution in [2.75, 3.05) is 13.2 Å². The standard InChI is InChI=1S/C17H25NO/c1-3-18-17(14-9-10-19-12(14)2)16-11-15(16)13-7-5-4-6-8-13/h4-8,12,14-18H,3,9-11H2,1-2H3. The first-order chi connectivity index (χ1) is 9.31. The van der Waals surface area contributed by atoms with Crippen molar-refractivity contribution in [1.82, 2.24) is 5.32 Å². The molecule has 0 radical (unpaired) electrons. The lowest BCUT2D eigenvalue weighted by molar-refractivity contribution is 0.0925. The molecule has 1 saturated carbocycles. The summed E-state index contributed by atoms with van der Waals surface area (Å²) in [6.07, 6.45) is 2.97. The van der Waals surface area contributed by atoms with Gasteiger partial charge in [-0.1, -0.05) is 37.3 Å². The largest absolute Gasteiger partial charge is 0.378 e. The van der Waals surface area contributed by atoms with Crippen LogP contribution >= 0.6 is 0 Å². The molecule has 1 aliphatic carbocycles. The molecule has 1 heterocycles. The number of nitrogens with one attached hydrogen (secondary N) is 1. The van der Waals surface area contributed by atoms with Crippen molar-refractivity contribution in [1.29, 1.82) is 0 Å². The molecule has 0 spiro atoms. The quantitative estimate of drug-likeness (QED) is 0.877. The number of rotatable bonds is 5. The highest BCUT2D eigenvalue weighted by Crippen LogP contribution is 2.52. The van der Waals surface area contributed by atoms with Gasteiger partial charge in [-0.05, 0) is 43.7 Å². The van der Waals surface area contributed by atoms with E-state index in [0.29, 0.717) is 18.1 Å². The Hall–Kier alpha value is -0.860. The maximum Gasteiger partial charge on any atom is 0.0590 e. The SMILES string of the molecule is CCNC(C1CCOC1C)C1CC1c1ccccc1. The summed E-state index contributed by atoms with van der Waals surface area (Å²) in [7, 11) is 0. The lowest BCUT2D eigenvalue weighted by Gasteiger charge is -2.27. The zero-order chi connectivity index (χ0) is 13.2. The molecule has 1 aromatic rings. The molecular formula is C17H25NO. The maximum atomic E-state index is 5.77. The minimum Gasteiger partial charge on any atom is -0.378 e. The monoisotopic (exact) mass is 259 g/mol. The molecular weight excluding hydrogens is 234 g/mol. The van der Waals surface area contributed by atoms with Gasteiger partial charge in [-0.3, -0.25) is 0 Å². The Morgan fingerprint density at radius 2 is 2.05 bits per heavy atom. The van der Waals surface area contributed by atoms with Gasteiger partial charge in [-0.25, -0.2) is 0 Å². The Balaban J connectivity index is 1.69. The molecule has 5 unspecified atom stereocenters. The van der Waals surface area contributed by atoms with Crippen LogP contribution in [0.4, 0.5) is 0 Å². The predicted molar refractivity (Wildman–Crippen MR) is 78.3 cm³/mol. The summed E-state index contributed by atoms with van der Waals surface area (Å²) < 4.78 is 5.77. The van der Waals surface area contributed by atoms with Crippen LogP contribution < -0.4 is 5.32 Å². The van der Waals surface area contributed by atoms with E-state index in [1.165, 1.54) is 18.4 Å². The highest BCUT2D eigenvalue weighted by Gasteiger charge is 2.48. The fraction of sp³-hybridized carbons (Fsp3) is 0.647. The molecule has 5 atom stereocenters. The summed E-state index contributed by atoms with van der Waals surface area (Å²) in [6, 6.07) is 11.6. The van der Waals surface area contributed by atoms with E-state index in [1.807, 2.05) is 0 Å². The molecule has 0 aromatic heterocycles. The first kappa shape index (κ1) is 13.1. The number of hydrogen-bond donors (Lipinski definition) is 1. The van der Waals surface area contributed by atoms with Crippen LogP contribution in [-0.4, -0.2) is 25.3 Å². The van der Waals surface area contributed by atoms with E-state index in [0.717, 1.165) is 25.0 Å². The van der Waals surface area contributed by atoms with Gasteiger partial charge in [-0.2, -0.15) is 0 Å². The Kier molecular flexibility index (Phi) is 3.90. The van der Waals surface area contributed by atoms with Crippen molar-refractivity contribution in [3.8, 4) is 0 Å². The minimum absolute atomic E-state index is 0.418. The molecule has 2 fully saturated rings. The fourth-order valence-corrected chi connectivity index (χ4v) is 3.77. The van der Waals surface area contributed by atoms with Crippen LogP contribution in [0, 0.1) is 11.8 Å². The van der Waals surface area contributed by atoms with Crippen molar-refractivity contribution in [2.45, 2.75) is 44.8 Å². The zero-order valence-corrected chi connectivity index (χ0v) is 12.0. The van der Waals surface area contributed by atoms with Crippen molar-refractivity contribution in [3.05, 3.63) is 35.9 Å². The summed E-state index contributed by atoms with van der Waals surface area (Å²) in [6.45, 7) is 6.46. The average Bonchev–Trinajstić information content (AvgIpc) is 3.12. The third kappa shape index (κ3) is 2.70. The van der Waals surface area contributed by atoms with Gasteiger partial charge < -0.3 is 10.1 Å². The Bertz CT molecular complexity index is 405. The van der Waals surface area contributed by atoms with E-state index in [4.69, 9.17) is 4.74 Å². The third-order valence-electron chi connectivity index (χ3n) is 4.86. The van der Waals surface area contributed by atoms with E-state index in [2.05, 4.69) is 49.5 Å². The summed E-state index contributed by atoms with van der Waals surface area (Å²) in [5.41, 5.74) is 1.52. The van der Waals surface area contributed by atoms with E-state index >= 15 is 0 Å². The topological polar surface area (TPSA) is 21.3 Å². The van der Waals surface area contributed by atoms with Crippen LogP contribution in [0.25, 0.3) is 0 Å². The second-order valence-corrected chi connectivity index (χ2v) is 6.03. The Morgan fingerprint density at radius 1 is 1.26 bits per heavy atom. The van der Waals surface area contributed by atoms with Crippen LogP contribution in [0.3, 0.4) is 0 Å². The highest BCUT2D eigenvalue weighted by atomic mass is 16.5. The molecule has 2 aliphatic rings. The molecule has 1 aliphatic heterocycles. The first-order valence-electron chi connectivity index (χ1n) is 7.71. The van der Waals surface area contributed by atoms with Crippen LogP contribution in [0.15, 0.2) is 30.3 Å². The molecule has 19 heavy (non-hydrogen) atoms. The first-order valence-corrected chi connectivity index (χ1v) is 7.71. The Morgan fingerprint density at radius 3 is 2.68 bits per heavy atom. The molecule has 1 saturated heterocycles. The maximum absolute atomic E-state index is 5.77. The number of benzene rings is 1. The van der Waals surface area contributed by atoms with Crippen molar-refractivity contribution < 1.29 is 4.74 Å². The second-order valence-electron chi connectivity index (χ2n) is 6.03. The summed E-state index contributed by atoms with van der Waals surface area (Å²) >= 11 is 0. The van der Waals surface area contributed by atoms with E-state index in [-0.39, 0.29) is 0 Å². The predicted octanol–water partition coefficient (Wildman–Crippen LogP) is 3.19. The average molecular weight is 259 g/mol. The number of hydrogen-bond acceptors (Lipinski definition) is 2. The molecule has 0 amide bonds. The molecule has 104 valence electrons. The summed E-state index contributed by atoms with van der Waals surface area (Å²) in [5, 5.41) is 3.74. The van der Waals surface area contributed by atoms with Crippen LogP contribution in [0.2, 0.25) is 0 Å². The van der Waals surface area contributed by atoms with Crippen LogP contribution in [-0.2, 0) is 4.74 Å². The zero-order valence-electron chi connectivity index (χ0n) is 12.0. The second kappa shape index (κ2) is 5.64. The Labute approximate surface area is 116 Å². The van der Waals surface area contributed by atoms with E-state index < -0.39 is 0 Å². The summed E-state index contributed by atoms with van der Waals surface area (Å²) in [4.78, 5) is 0. The smallest absolute Gasteiger partial charge is 0.0590 e. The molecule has 0 bridgehead atoms. The van der Waals surface area contributed by atoms with Gasteiger partial charge in [0.25, 0.3) is 0 Å². The van der Waals surface area contributed by atoms with Gasteiger partial charge in [0.1, 0.15) is 0 Å². The molecule has 2 heteroatoms. The molecule has 2 nitrogen and oxygen atoms in total. The lowest BCUT2D eigenvalue weighted by Crippen LogP contribution is -2.41. The normalized spacial score (nSPS) is 35.3. The van der Waals surface area contributed by atoms with Gasteiger partial charge in [0.2, 0.25) is 0 Å². The highest BCUT2D eigenvalue weighted by molar-refractivity contribution is 5.27. The van der Waals surface area contributed by atoms with Gasteiger partial charge in [0, 0.05) is 18.6 Å². The van der Waals surface area contributed by atoms with Crippen molar-refractivity contribution in [2.24, 2.45) is 11.8 Å². The van der Waals surface area contributed by atoms with Crippen LogP contribution in [0.1, 0.15) is 38.2 Å². The molecule has 1 N–H and O–H groups in total. The van der Waals surface area contributed by atoms with Crippen molar-refractivity contribution >= 4 is 0 Å². The molecule has 1 aromatic carbocycles. The van der Waals surface area contributed by atoms with Gasteiger partial charge in [-0.15, -0.1) is 0 Å². The fourth-order valence-electron chi connectivity index (χ4n) is 3.77. The summed E-state index contributed by atoms with van der Waals surface area (Å²) in [5.74, 6) is 2.26. The van der Waals surface area contributed by atoms with Gasteiger partial charge >= 0.3 is 0 Å². The van der Waals surface area contributed by atoms with Crippen LogP contribution in [0.5, 0.6) is 0 Å². The number of ether oxygens (including phenoxy) is 1. The minimum atomic E-state index is 0.418.